The summed E-state index contributed by atoms with van der Waals surface area (Å²) in [6, 6.07) is 10.1. The Labute approximate surface area is 206 Å². The fourth-order valence-electron chi connectivity index (χ4n) is 6.06. The average molecular weight is 483 g/mol. The van der Waals surface area contributed by atoms with Gasteiger partial charge in [-0.05, 0) is 49.8 Å². The van der Waals surface area contributed by atoms with Crippen LogP contribution in [0.3, 0.4) is 0 Å². The number of carbonyl (C=O) groups excluding carboxylic acids is 1. The van der Waals surface area contributed by atoms with E-state index in [0.717, 1.165) is 68.2 Å². The third kappa shape index (κ3) is 5.00. The molecule has 1 aromatic carbocycles. The first kappa shape index (κ1) is 24.0. The maximum atomic E-state index is 14.1. The van der Waals surface area contributed by atoms with Crippen LogP contribution in [0.1, 0.15) is 31.7 Å². The molecule has 1 spiro atoms. The van der Waals surface area contributed by atoms with Gasteiger partial charge < -0.3 is 19.6 Å². The summed E-state index contributed by atoms with van der Waals surface area (Å²) < 4.78 is 19.3. The second-order valence-electron chi connectivity index (χ2n) is 10.2. The van der Waals surface area contributed by atoms with Crippen molar-refractivity contribution in [3.8, 4) is 11.1 Å². The molecular formula is C27H35FN4O3. The maximum absolute atomic E-state index is 14.1. The number of benzene rings is 1. The molecule has 3 fully saturated rings. The molecule has 0 unspecified atom stereocenters. The number of piperazine rings is 1. The van der Waals surface area contributed by atoms with Crippen LogP contribution in [0.5, 0.6) is 0 Å². The SMILES string of the molecule is CCOC(=O)N1CC2(CC[C@@H](N3CCN(c4ncc(F)cc4-c4ccc(CCO)cc4)CC3)C2)C1. The van der Waals surface area contributed by atoms with Crippen LogP contribution < -0.4 is 4.90 Å². The number of carbonyl (C=O) groups is 1. The molecule has 5 rings (SSSR count). The van der Waals surface area contributed by atoms with Gasteiger partial charge in [-0.2, -0.15) is 0 Å². The lowest BCUT2D eigenvalue weighted by Gasteiger charge is -2.48. The van der Waals surface area contributed by atoms with Crippen LogP contribution in [0.25, 0.3) is 11.1 Å². The average Bonchev–Trinajstić information content (AvgIpc) is 3.30. The zero-order valence-corrected chi connectivity index (χ0v) is 20.5. The number of halogens is 1. The number of anilines is 1. The van der Waals surface area contributed by atoms with Crippen LogP contribution in [0.15, 0.2) is 36.5 Å². The predicted octanol–water partition coefficient (Wildman–Crippen LogP) is 3.56. The Kier molecular flexibility index (Phi) is 6.93. The van der Waals surface area contributed by atoms with E-state index in [2.05, 4.69) is 14.8 Å². The van der Waals surface area contributed by atoms with E-state index in [-0.39, 0.29) is 23.9 Å². The number of hydrogen-bond donors (Lipinski definition) is 1. The van der Waals surface area contributed by atoms with E-state index in [0.29, 0.717) is 19.1 Å². The van der Waals surface area contributed by atoms with Gasteiger partial charge in [-0.15, -0.1) is 0 Å². The van der Waals surface area contributed by atoms with Crippen molar-refractivity contribution in [2.24, 2.45) is 5.41 Å². The van der Waals surface area contributed by atoms with E-state index in [1.54, 1.807) is 6.07 Å². The first-order valence-corrected chi connectivity index (χ1v) is 12.8. The van der Waals surface area contributed by atoms with Crippen LogP contribution in [-0.2, 0) is 11.2 Å². The van der Waals surface area contributed by atoms with Crippen LogP contribution in [0.4, 0.5) is 15.0 Å². The lowest BCUT2D eigenvalue weighted by atomic mass is 9.78. The minimum Gasteiger partial charge on any atom is -0.450 e. The molecule has 1 aromatic heterocycles. The smallest absolute Gasteiger partial charge is 0.409 e. The normalized spacial score (nSPS) is 21.9. The minimum absolute atomic E-state index is 0.113. The number of nitrogens with zero attached hydrogens (tertiary/aromatic N) is 4. The van der Waals surface area contributed by atoms with Gasteiger partial charge in [0.15, 0.2) is 0 Å². The predicted molar refractivity (Wildman–Crippen MR) is 133 cm³/mol. The molecule has 1 saturated carbocycles. The van der Waals surface area contributed by atoms with Gasteiger partial charge in [0, 0.05) is 62.9 Å². The Balaban J connectivity index is 1.20. The lowest BCUT2D eigenvalue weighted by Crippen LogP contribution is -2.58. The van der Waals surface area contributed by atoms with E-state index in [1.165, 1.54) is 19.0 Å². The Bertz CT molecular complexity index is 1030. The van der Waals surface area contributed by atoms with Crippen molar-refractivity contribution in [2.75, 3.05) is 57.4 Å². The fourth-order valence-corrected chi connectivity index (χ4v) is 6.06. The van der Waals surface area contributed by atoms with E-state index in [1.807, 2.05) is 36.1 Å². The molecule has 2 aromatic rings. The van der Waals surface area contributed by atoms with Crippen LogP contribution in [0.2, 0.25) is 0 Å². The van der Waals surface area contributed by atoms with Gasteiger partial charge in [0.2, 0.25) is 0 Å². The second kappa shape index (κ2) is 10.1. The molecule has 2 saturated heterocycles. The van der Waals surface area contributed by atoms with E-state index < -0.39 is 0 Å². The highest BCUT2D eigenvalue weighted by atomic mass is 19.1. The summed E-state index contributed by atoms with van der Waals surface area (Å²) in [4.78, 5) is 23.1. The summed E-state index contributed by atoms with van der Waals surface area (Å²) in [5, 5.41) is 9.17. The van der Waals surface area contributed by atoms with Gasteiger partial charge in [0.1, 0.15) is 11.6 Å². The molecule has 7 nitrogen and oxygen atoms in total. The largest absolute Gasteiger partial charge is 0.450 e. The van der Waals surface area contributed by atoms with Gasteiger partial charge in [-0.25, -0.2) is 14.2 Å². The van der Waals surface area contributed by atoms with Gasteiger partial charge in [0.25, 0.3) is 0 Å². The number of pyridine rings is 1. The van der Waals surface area contributed by atoms with Gasteiger partial charge in [0.05, 0.1) is 12.8 Å². The van der Waals surface area contributed by atoms with E-state index in [9.17, 15) is 9.18 Å². The number of rotatable bonds is 6. The first-order valence-electron chi connectivity index (χ1n) is 12.8. The number of hydrogen-bond acceptors (Lipinski definition) is 6. The summed E-state index contributed by atoms with van der Waals surface area (Å²) in [6.07, 6.45) is 5.22. The molecule has 0 radical (unpaired) electrons. The number of aliphatic hydroxyl groups is 1. The van der Waals surface area contributed by atoms with Crippen LogP contribution >= 0.6 is 0 Å². The Morgan fingerprint density at radius 3 is 2.63 bits per heavy atom. The van der Waals surface area contributed by atoms with Crippen LogP contribution in [-0.4, -0.2) is 84.5 Å². The highest BCUT2D eigenvalue weighted by molar-refractivity contribution is 5.76. The number of ether oxygens (including phenoxy) is 1. The van der Waals surface area contributed by atoms with Crippen molar-refractivity contribution in [1.82, 2.24) is 14.8 Å². The molecule has 188 valence electrons. The van der Waals surface area contributed by atoms with Gasteiger partial charge in [-0.3, -0.25) is 4.90 Å². The molecule has 3 heterocycles. The van der Waals surface area contributed by atoms with E-state index >= 15 is 0 Å². The highest BCUT2D eigenvalue weighted by Crippen LogP contribution is 2.47. The van der Waals surface area contributed by atoms with Gasteiger partial charge >= 0.3 is 6.09 Å². The van der Waals surface area contributed by atoms with Crippen molar-refractivity contribution >= 4 is 11.9 Å². The second-order valence-corrected chi connectivity index (χ2v) is 10.2. The monoisotopic (exact) mass is 482 g/mol. The highest BCUT2D eigenvalue weighted by Gasteiger charge is 2.51. The van der Waals surface area contributed by atoms with Crippen molar-refractivity contribution in [3.63, 3.8) is 0 Å². The minimum atomic E-state index is -0.338. The lowest BCUT2D eigenvalue weighted by molar-refractivity contribution is -0.00294. The van der Waals surface area contributed by atoms with Crippen molar-refractivity contribution in [2.45, 2.75) is 38.6 Å². The molecule has 1 aliphatic carbocycles. The Morgan fingerprint density at radius 1 is 1.20 bits per heavy atom. The molecule has 8 heteroatoms. The number of aromatic nitrogens is 1. The topological polar surface area (TPSA) is 69.1 Å². The number of amides is 1. The summed E-state index contributed by atoms with van der Waals surface area (Å²) in [5.41, 5.74) is 3.07. The molecule has 1 N–H and O–H groups in total. The molecular weight excluding hydrogens is 447 g/mol. The molecule has 1 amide bonds. The summed E-state index contributed by atoms with van der Waals surface area (Å²) >= 11 is 0. The Morgan fingerprint density at radius 2 is 1.94 bits per heavy atom. The van der Waals surface area contributed by atoms with Crippen LogP contribution in [0, 0.1) is 11.2 Å². The number of aliphatic hydroxyl groups excluding tert-OH is 1. The van der Waals surface area contributed by atoms with Crippen molar-refractivity contribution in [1.29, 1.82) is 0 Å². The molecule has 35 heavy (non-hydrogen) atoms. The zero-order valence-electron chi connectivity index (χ0n) is 20.5. The van der Waals surface area contributed by atoms with Crippen molar-refractivity contribution < 1.29 is 19.0 Å². The maximum Gasteiger partial charge on any atom is 0.409 e. The first-order chi connectivity index (χ1) is 17.0. The quantitative estimate of drug-likeness (QED) is 0.679. The standard InChI is InChI=1S/C27H35FN4O3/c1-2-35-26(34)32-18-27(19-32)9-7-23(16-27)30-10-12-31(13-11-30)25-24(15-22(28)17-29-25)21-5-3-20(4-6-21)8-14-33/h3-6,15,17,23,33H,2,7-14,16,18-19H2,1H3/t23-/m1/s1. The third-order valence-electron chi connectivity index (χ3n) is 7.88. The molecule has 1 atom stereocenters. The van der Waals surface area contributed by atoms with Crippen molar-refractivity contribution in [3.05, 3.63) is 47.9 Å². The zero-order chi connectivity index (χ0) is 24.4. The fraction of sp³-hybridized carbons (Fsp3) is 0.556. The molecule has 3 aliphatic rings. The van der Waals surface area contributed by atoms with Gasteiger partial charge in [-0.1, -0.05) is 24.3 Å². The Hall–Kier alpha value is -2.71. The summed E-state index contributed by atoms with van der Waals surface area (Å²) in [5.74, 6) is 0.489. The number of likely N-dealkylation sites (tertiary alicyclic amines) is 1. The van der Waals surface area contributed by atoms with E-state index in [4.69, 9.17) is 9.84 Å². The summed E-state index contributed by atoms with van der Waals surface area (Å²) in [7, 11) is 0. The third-order valence-corrected chi connectivity index (χ3v) is 7.88. The molecule has 2 aliphatic heterocycles. The summed E-state index contributed by atoms with van der Waals surface area (Å²) in [6.45, 7) is 7.64. The molecule has 0 bridgehead atoms.